The molecule has 0 saturated heterocycles. The minimum atomic E-state index is -0.475. The average molecular weight is 418 g/mol. The van der Waals surface area contributed by atoms with Gasteiger partial charge in [-0.1, -0.05) is 6.92 Å². The highest BCUT2D eigenvalue weighted by atomic mass is 32.1. The predicted molar refractivity (Wildman–Crippen MR) is 111 cm³/mol. The Bertz CT molecular complexity index is 1010. The number of thiazole rings is 1. The van der Waals surface area contributed by atoms with Crippen LogP contribution in [0.4, 0.5) is 4.39 Å². The lowest BCUT2D eigenvalue weighted by Gasteiger charge is -2.14. The standard InChI is InChI=1S/C21H24FN3O3S/c1-4-18(28-19(26)6-5-9-25(2)3)17-12-29-21(24-17)20(27)15-11-23-16-10-13(22)7-8-14(15)16/h7-8,10-12,18,23H,4-6,9H2,1-3H3/t18-/m0/s1. The van der Waals surface area contributed by atoms with Gasteiger partial charge in [0, 0.05) is 28.9 Å². The molecule has 0 radical (unpaired) electrons. The fraction of sp³-hybridized carbons (Fsp3) is 0.381. The van der Waals surface area contributed by atoms with E-state index in [1.807, 2.05) is 25.9 Å². The van der Waals surface area contributed by atoms with Gasteiger partial charge in [-0.15, -0.1) is 11.3 Å². The average Bonchev–Trinajstić information content (AvgIpc) is 3.32. The molecule has 0 aliphatic rings. The molecule has 2 heterocycles. The maximum absolute atomic E-state index is 13.4. The van der Waals surface area contributed by atoms with Crippen LogP contribution in [0, 0.1) is 5.82 Å². The van der Waals surface area contributed by atoms with Crippen molar-refractivity contribution in [3.05, 3.63) is 51.9 Å². The van der Waals surface area contributed by atoms with E-state index < -0.39 is 6.10 Å². The molecule has 0 spiro atoms. The van der Waals surface area contributed by atoms with Crippen molar-refractivity contribution >= 4 is 34.0 Å². The van der Waals surface area contributed by atoms with Gasteiger partial charge in [0.2, 0.25) is 5.78 Å². The van der Waals surface area contributed by atoms with Gasteiger partial charge in [-0.25, -0.2) is 9.37 Å². The van der Waals surface area contributed by atoms with E-state index in [0.717, 1.165) is 13.0 Å². The molecule has 3 rings (SSSR count). The van der Waals surface area contributed by atoms with E-state index >= 15 is 0 Å². The zero-order valence-corrected chi connectivity index (χ0v) is 17.5. The molecule has 1 N–H and O–H groups in total. The molecule has 0 saturated carbocycles. The Morgan fingerprint density at radius 2 is 2.14 bits per heavy atom. The van der Waals surface area contributed by atoms with Crippen LogP contribution >= 0.6 is 11.3 Å². The molecule has 0 bridgehead atoms. The van der Waals surface area contributed by atoms with Crippen molar-refractivity contribution in [1.29, 1.82) is 0 Å². The zero-order chi connectivity index (χ0) is 21.0. The van der Waals surface area contributed by atoms with Gasteiger partial charge in [-0.2, -0.15) is 0 Å². The molecule has 1 atom stereocenters. The molecule has 1 aromatic carbocycles. The second-order valence-electron chi connectivity index (χ2n) is 7.09. The number of aromatic amines is 1. The summed E-state index contributed by atoms with van der Waals surface area (Å²) in [6.45, 7) is 2.72. The van der Waals surface area contributed by atoms with Crippen molar-refractivity contribution in [2.45, 2.75) is 32.3 Å². The van der Waals surface area contributed by atoms with E-state index in [0.29, 0.717) is 40.0 Å². The molecule has 0 amide bonds. The summed E-state index contributed by atoms with van der Waals surface area (Å²) in [6, 6.07) is 4.25. The molecule has 0 aliphatic carbocycles. The number of carbonyl (C=O) groups excluding carboxylic acids is 2. The van der Waals surface area contributed by atoms with Crippen molar-refractivity contribution in [1.82, 2.24) is 14.9 Å². The van der Waals surface area contributed by atoms with Gasteiger partial charge >= 0.3 is 5.97 Å². The lowest BCUT2D eigenvalue weighted by molar-refractivity contribution is -0.150. The molecule has 154 valence electrons. The SMILES string of the molecule is CC[C@H](OC(=O)CCCN(C)C)c1csc(C(=O)c2c[nH]c3cc(F)ccc23)n1. The first-order chi connectivity index (χ1) is 13.9. The maximum atomic E-state index is 13.4. The van der Waals surface area contributed by atoms with Crippen LogP contribution in [-0.4, -0.2) is 47.3 Å². The summed E-state index contributed by atoms with van der Waals surface area (Å²) in [5.74, 6) is -0.877. The summed E-state index contributed by atoms with van der Waals surface area (Å²) in [7, 11) is 3.91. The predicted octanol–water partition coefficient (Wildman–Crippen LogP) is 4.33. The number of benzene rings is 1. The van der Waals surface area contributed by atoms with Gasteiger partial charge in [-0.05, 0) is 51.7 Å². The number of nitrogens with zero attached hydrogens (tertiary/aromatic N) is 2. The van der Waals surface area contributed by atoms with Crippen molar-refractivity contribution < 1.29 is 18.7 Å². The van der Waals surface area contributed by atoms with Gasteiger partial charge in [0.05, 0.1) is 11.3 Å². The van der Waals surface area contributed by atoms with Crippen LogP contribution < -0.4 is 0 Å². The number of halogens is 1. The number of rotatable bonds is 9. The number of carbonyl (C=O) groups is 2. The molecular weight excluding hydrogens is 393 g/mol. The van der Waals surface area contributed by atoms with Crippen molar-refractivity contribution in [2.24, 2.45) is 0 Å². The van der Waals surface area contributed by atoms with E-state index in [4.69, 9.17) is 4.74 Å². The van der Waals surface area contributed by atoms with Crippen molar-refractivity contribution in [3.63, 3.8) is 0 Å². The number of aromatic nitrogens is 2. The number of nitrogens with one attached hydrogen (secondary N) is 1. The molecule has 0 aliphatic heterocycles. The fourth-order valence-electron chi connectivity index (χ4n) is 3.05. The number of fused-ring (bicyclic) bond motifs is 1. The Hall–Kier alpha value is -2.58. The molecule has 6 nitrogen and oxygen atoms in total. The monoisotopic (exact) mass is 417 g/mol. The third-order valence-corrected chi connectivity index (χ3v) is 5.42. The van der Waals surface area contributed by atoms with Crippen LogP contribution in [0.5, 0.6) is 0 Å². The Labute approximate surface area is 172 Å². The number of hydrogen-bond acceptors (Lipinski definition) is 6. The molecule has 0 unspecified atom stereocenters. The lowest BCUT2D eigenvalue weighted by atomic mass is 10.1. The maximum Gasteiger partial charge on any atom is 0.306 e. The van der Waals surface area contributed by atoms with Gasteiger partial charge in [-0.3, -0.25) is 9.59 Å². The first kappa shape index (κ1) is 21.1. The smallest absolute Gasteiger partial charge is 0.306 e. The van der Waals surface area contributed by atoms with Gasteiger partial charge in [0.1, 0.15) is 11.9 Å². The minimum Gasteiger partial charge on any atom is -0.456 e. The quantitative estimate of drug-likeness (QED) is 0.414. The minimum absolute atomic E-state index is 0.244. The van der Waals surface area contributed by atoms with Crippen LogP contribution in [0.2, 0.25) is 0 Å². The summed E-state index contributed by atoms with van der Waals surface area (Å²) in [5.41, 5.74) is 1.57. The number of ketones is 1. The number of esters is 1. The summed E-state index contributed by atoms with van der Waals surface area (Å²) < 4.78 is 18.9. The van der Waals surface area contributed by atoms with Crippen LogP contribution in [0.3, 0.4) is 0 Å². The van der Waals surface area contributed by atoms with Gasteiger partial charge < -0.3 is 14.6 Å². The van der Waals surface area contributed by atoms with E-state index in [1.54, 1.807) is 17.6 Å². The fourth-order valence-corrected chi connectivity index (χ4v) is 3.86. The number of H-pyrrole nitrogens is 1. The summed E-state index contributed by atoms with van der Waals surface area (Å²) in [5, 5.41) is 2.71. The van der Waals surface area contributed by atoms with E-state index in [9.17, 15) is 14.0 Å². The first-order valence-corrected chi connectivity index (χ1v) is 10.4. The molecule has 0 fully saturated rings. The van der Waals surface area contributed by atoms with E-state index in [-0.39, 0.29) is 17.6 Å². The van der Waals surface area contributed by atoms with Gasteiger partial charge in [0.15, 0.2) is 5.01 Å². The molecular formula is C21H24FN3O3S. The number of hydrogen-bond donors (Lipinski definition) is 1. The Morgan fingerprint density at radius 3 is 2.86 bits per heavy atom. The van der Waals surface area contributed by atoms with Crippen LogP contribution in [0.15, 0.2) is 29.8 Å². The largest absolute Gasteiger partial charge is 0.456 e. The third-order valence-electron chi connectivity index (χ3n) is 4.57. The van der Waals surface area contributed by atoms with E-state index in [1.165, 1.54) is 23.5 Å². The summed E-state index contributed by atoms with van der Waals surface area (Å²) >= 11 is 1.21. The summed E-state index contributed by atoms with van der Waals surface area (Å²) in [4.78, 5) is 34.3. The molecule has 2 aromatic heterocycles. The molecule has 29 heavy (non-hydrogen) atoms. The second kappa shape index (κ2) is 9.28. The van der Waals surface area contributed by atoms with Crippen molar-refractivity contribution in [2.75, 3.05) is 20.6 Å². The van der Waals surface area contributed by atoms with Crippen LogP contribution in [0.1, 0.15) is 53.3 Å². The Kier molecular flexibility index (Phi) is 6.76. The molecule has 3 aromatic rings. The normalized spacial score (nSPS) is 12.4. The number of ether oxygens (including phenoxy) is 1. The second-order valence-corrected chi connectivity index (χ2v) is 7.95. The Morgan fingerprint density at radius 1 is 1.34 bits per heavy atom. The topological polar surface area (TPSA) is 75.3 Å². The highest BCUT2D eigenvalue weighted by Gasteiger charge is 2.22. The Balaban J connectivity index is 1.71. The van der Waals surface area contributed by atoms with E-state index in [2.05, 4.69) is 9.97 Å². The zero-order valence-electron chi connectivity index (χ0n) is 16.7. The lowest BCUT2D eigenvalue weighted by Crippen LogP contribution is -2.16. The molecule has 8 heteroatoms. The van der Waals surface area contributed by atoms with Crippen LogP contribution in [0.25, 0.3) is 10.9 Å². The van der Waals surface area contributed by atoms with Crippen molar-refractivity contribution in [3.8, 4) is 0 Å². The van der Waals surface area contributed by atoms with Crippen LogP contribution in [-0.2, 0) is 9.53 Å². The first-order valence-electron chi connectivity index (χ1n) is 9.50. The highest BCUT2D eigenvalue weighted by molar-refractivity contribution is 7.12. The highest BCUT2D eigenvalue weighted by Crippen LogP contribution is 2.27. The summed E-state index contributed by atoms with van der Waals surface area (Å²) in [6.07, 6.45) is 2.73. The van der Waals surface area contributed by atoms with Gasteiger partial charge in [0.25, 0.3) is 0 Å². The third kappa shape index (κ3) is 5.07.